The van der Waals surface area contributed by atoms with E-state index in [4.69, 9.17) is 9.84 Å². The van der Waals surface area contributed by atoms with Crippen LogP contribution in [0.5, 0.6) is 0 Å². The van der Waals surface area contributed by atoms with Gasteiger partial charge in [0, 0.05) is 25.1 Å². The molecule has 1 amide bonds. The van der Waals surface area contributed by atoms with Crippen molar-refractivity contribution in [1.29, 1.82) is 0 Å². The number of H-pyrrole nitrogens is 1. The fourth-order valence-corrected chi connectivity index (χ4v) is 2.97. The molecule has 1 atom stereocenters. The second-order valence-corrected chi connectivity index (χ2v) is 5.98. The van der Waals surface area contributed by atoms with Crippen molar-refractivity contribution in [3.05, 3.63) is 40.3 Å². The molecular weight excluding hydrogens is 326 g/mol. The Hall–Kier alpha value is -2.74. The van der Waals surface area contributed by atoms with Crippen LogP contribution in [0.3, 0.4) is 0 Å². The summed E-state index contributed by atoms with van der Waals surface area (Å²) in [5, 5.41) is 16.0. The molecule has 2 aromatic rings. The lowest BCUT2D eigenvalue weighted by molar-refractivity contribution is -0.137. The van der Waals surface area contributed by atoms with Crippen molar-refractivity contribution in [2.75, 3.05) is 19.7 Å². The number of fused-ring (bicyclic) bond motifs is 1. The standard InChI is InChI=1S/C17H19N3O5/c21-14(22)7-8-20(10-11-4-3-9-25-11)17(24)15-12-5-1-2-6-13(12)16(23)19-18-15/h1-2,5-6,11H,3-4,7-10H2,(H,19,23)(H,21,22)/t11-/m1/s1. The number of aromatic nitrogens is 2. The third kappa shape index (κ3) is 3.85. The molecule has 1 aliphatic rings. The molecule has 1 aromatic heterocycles. The zero-order chi connectivity index (χ0) is 17.8. The molecule has 0 spiro atoms. The van der Waals surface area contributed by atoms with Gasteiger partial charge in [0.25, 0.3) is 11.5 Å². The summed E-state index contributed by atoms with van der Waals surface area (Å²) in [7, 11) is 0. The summed E-state index contributed by atoms with van der Waals surface area (Å²) in [5.41, 5.74) is -0.262. The summed E-state index contributed by atoms with van der Waals surface area (Å²) in [6.45, 7) is 1.01. The number of aliphatic carboxylic acids is 1. The molecule has 0 radical (unpaired) electrons. The van der Waals surface area contributed by atoms with Crippen LogP contribution in [0, 0.1) is 0 Å². The maximum Gasteiger partial charge on any atom is 0.305 e. The molecule has 0 aliphatic carbocycles. The number of carbonyl (C=O) groups excluding carboxylic acids is 1. The van der Waals surface area contributed by atoms with Gasteiger partial charge >= 0.3 is 5.97 Å². The number of carboxylic acids is 1. The summed E-state index contributed by atoms with van der Waals surface area (Å²) in [6, 6.07) is 6.71. The van der Waals surface area contributed by atoms with Crippen LogP contribution in [-0.2, 0) is 9.53 Å². The highest BCUT2D eigenvalue weighted by atomic mass is 16.5. The quantitative estimate of drug-likeness (QED) is 0.808. The molecule has 2 heterocycles. The number of amides is 1. The van der Waals surface area contributed by atoms with Gasteiger partial charge in [-0.1, -0.05) is 18.2 Å². The number of rotatable bonds is 6. The number of carbonyl (C=O) groups is 2. The second-order valence-electron chi connectivity index (χ2n) is 5.98. The van der Waals surface area contributed by atoms with Gasteiger partial charge in [-0.25, -0.2) is 5.10 Å². The molecule has 132 valence electrons. The number of carboxylic acid groups (broad SMARTS) is 1. The minimum Gasteiger partial charge on any atom is -0.481 e. The van der Waals surface area contributed by atoms with Crippen molar-refractivity contribution in [3.8, 4) is 0 Å². The molecule has 2 N–H and O–H groups in total. The second kappa shape index (κ2) is 7.43. The van der Waals surface area contributed by atoms with Crippen molar-refractivity contribution in [1.82, 2.24) is 15.1 Å². The molecule has 3 rings (SSSR count). The van der Waals surface area contributed by atoms with E-state index in [1.807, 2.05) is 0 Å². The highest BCUT2D eigenvalue weighted by Crippen LogP contribution is 2.18. The average molecular weight is 345 g/mol. The van der Waals surface area contributed by atoms with Gasteiger partial charge in [-0.15, -0.1) is 0 Å². The van der Waals surface area contributed by atoms with Gasteiger partial charge in [0.05, 0.1) is 17.9 Å². The number of aromatic amines is 1. The summed E-state index contributed by atoms with van der Waals surface area (Å²) >= 11 is 0. The zero-order valence-corrected chi connectivity index (χ0v) is 13.6. The number of hydrogen-bond donors (Lipinski definition) is 2. The van der Waals surface area contributed by atoms with Crippen molar-refractivity contribution in [3.63, 3.8) is 0 Å². The van der Waals surface area contributed by atoms with E-state index in [0.717, 1.165) is 12.8 Å². The number of nitrogens with zero attached hydrogens (tertiary/aromatic N) is 2. The van der Waals surface area contributed by atoms with Gasteiger partial charge in [0.15, 0.2) is 5.69 Å². The first-order valence-corrected chi connectivity index (χ1v) is 8.16. The number of benzene rings is 1. The Morgan fingerprint density at radius 2 is 2.08 bits per heavy atom. The van der Waals surface area contributed by atoms with E-state index in [1.54, 1.807) is 24.3 Å². The normalized spacial score (nSPS) is 16.9. The maximum atomic E-state index is 13.0. The first-order valence-electron chi connectivity index (χ1n) is 8.16. The minimum atomic E-state index is -0.982. The molecular formula is C17H19N3O5. The van der Waals surface area contributed by atoms with Crippen LogP contribution >= 0.6 is 0 Å². The van der Waals surface area contributed by atoms with Crippen molar-refractivity contribution >= 4 is 22.6 Å². The number of hydrogen-bond acceptors (Lipinski definition) is 5. The minimum absolute atomic E-state index is 0.0587. The summed E-state index contributed by atoms with van der Waals surface area (Å²) in [5.74, 6) is -1.39. The summed E-state index contributed by atoms with van der Waals surface area (Å²) < 4.78 is 5.56. The fraction of sp³-hybridized carbons (Fsp3) is 0.412. The average Bonchev–Trinajstić information content (AvgIpc) is 3.11. The molecule has 8 nitrogen and oxygen atoms in total. The van der Waals surface area contributed by atoms with Gasteiger partial charge in [-0.2, -0.15) is 5.10 Å². The maximum absolute atomic E-state index is 13.0. The van der Waals surface area contributed by atoms with Gasteiger partial charge in [0.1, 0.15) is 0 Å². The Balaban J connectivity index is 1.92. The van der Waals surface area contributed by atoms with E-state index in [0.29, 0.717) is 23.9 Å². The molecule has 0 bridgehead atoms. The van der Waals surface area contributed by atoms with Gasteiger partial charge in [-0.3, -0.25) is 14.4 Å². The first-order chi connectivity index (χ1) is 12.1. The van der Waals surface area contributed by atoms with Crippen LogP contribution in [-0.4, -0.2) is 57.9 Å². The summed E-state index contributed by atoms with van der Waals surface area (Å²) in [6.07, 6.45) is 1.48. The van der Waals surface area contributed by atoms with Crippen LogP contribution in [0.2, 0.25) is 0 Å². The molecule has 1 saturated heterocycles. The summed E-state index contributed by atoms with van der Waals surface area (Å²) in [4.78, 5) is 37.2. The zero-order valence-electron chi connectivity index (χ0n) is 13.6. The van der Waals surface area contributed by atoms with Crippen molar-refractivity contribution in [2.24, 2.45) is 0 Å². The number of ether oxygens (including phenoxy) is 1. The topological polar surface area (TPSA) is 113 Å². The Labute approximate surface area is 143 Å². The fourth-order valence-electron chi connectivity index (χ4n) is 2.97. The highest BCUT2D eigenvalue weighted by molar-refractivity contribution is 6.04. The Morgan fingerprint density at radius 1 is 1.32 bits per heavy atom. The molecule has 1 aliphatic heterocycles. The third-order valence-electron chi connectivity index (χ3n) is 4.23. The monoisotopic (exact) mass is 345 g/mol. The SMILES string of the molecule is O=C(O)CCN(C[C@H]1CCCO1)C(=O)c1n[nH]c(=O)c2ccccc12. The number of nitrogens with one attached hydrogen (secondary N) is 1. The van der Waals surface area contributed by atoms with Crippen LogP contribution in [0.4, 0.5) is 0 Å². The van der Waals surface area contributed by atoms with Crippen molar-refractivity contribution in [2.45, 2.75) is 25.4 Å². The third-order valence-corrected chi connectivity index (χ3v) is 4.23. The molecule has 25 heavy (non-hydrogen) atoms. The lowest BCUT2D eigenvalue weighted by Gasteiger charge is -2.24. The van der Waals surface area contributed by atoms with Gasteiger partial charge < -0.3 is 14.7 Å². The van der Waals surface area contributed by atoms with Crippen molar-refractivity contribution < 1.29 is 19.4 Å². The Kier molecular flexibility index (Phi) is 5.08. The lowest BCUT2D eigenvalue weighted by Crippen LogP contribution is -2.39. The van der Waals surface area contributed by atoms with E-state index in [2.05, 4.69) is 10.2 Å². The molecule has 0 saturated carbocycles. The van der Waals surface area contributed by atoms with E-state index < -0.39 is 11.9 Å². The Morgan fingerprint density at radius 3 is 2.76 bits per heavy atom. The molecule has 8 heteroatoms. The largest absolute Gasteiger partial charge is 0.481 e. The highest BCUT2D eigenvalue weighted by Gasteiger charge is 2.26. The predicted molar refractivity (Wildman–Crippen MR) is 89.5 cm³/mol. The van der Waals surface area contributed by atoms with Crippen LogP contribution < -0.4 is 5.56 Å². The molecule has 0 unspecified atom stereocenters. The molecule has 1 fully saturated rings. The van der Waals surface area contributed by atoms with Crippen LogP contribution in [0.25, 0.3) is 10.8 Å². The molecule has 1 aromatic carbocycles. The van der Waals surface area contributed by atoms with E-state index in [9.17, 15) is 14.4 Å². The lowest BCUT2D eigenvalue weighted by atomic mass is 10.1. The first kappa shape index (κ1) is 17.1. The smallest absolute Gasteiger partial charge is 0.305 e. The van der Waals surface area contributed by atoms with Crippen LogP contribution in [0.1, 0.15) is 29.8 Å². The van der Waals surface area contributed by atoms with Gasteiger partial charge in [0.2, 0.25) is 0 Å². The van der Waals surface area contributed by atoms with Gasteiger partial charge in [-0.05, 0) is 18.9 Å². The van der Waals surface area contributed by atoms with E-state index in [1.165, 1.54) is 4.90 Å². The van der Waals surface area contributed by atoms with E-state index in [-0.39, 0.29) is 30.3 Å². The van der Waals surface area contributed by atoms with Crippen LogP contribution in [0.15, 0.2) is 29.1 Å². The predicted octanol–water partition coefficient (Wildman–Crippen LogP) is 1.02. The van der Waals surface area contributed by atoms with E-state index >= 15 is 0 Å². The Bertz CT molecular complexity index is 842.